The summed E-state index contributed by atoms with van der Waals surface area (Å²) in [6, 6.07) is 22.5. The number of piperazine rings is 1. The highest BCUT2D eigenvalue weighted by Gasteiger charge is 2.29. The zero-order valence-electron chi connectivity index (χ0n) is 15.9. The molecule has 6 heteroatoms. The second-order valence-electron chi connectivity index (χ2n) is 6.94. The largest absolute Gasteiger partial charge is 0.337 e. The van der Waals surface area contributed by atoms with Crippen molar-refractivity contribution in [1.29, 1.82) is 0 Å². The second-order valence-corrected chi connectivity index (χ2v) is 8.88. The van der Waals surface area contributed by atoms with Crippen LogP contribution in [-0.4, -0.2) is 49.7 Å². The third kappa shape index (κ3) is 4.09. The standard InChI is InChI=1S/C23H22N2O3S/c26-23(14-13-20-9-6-8-19-7-4-5-12-22(19)20)24-15-17-25(18-16-24)29(27,28)21-10-2-1-3-11-21/h1-14H,15-18H2/b14-13+. The van der Waals surface area contributed by atoms with E-state index in [2.05, 4.69) is 0 Å². The molecule has 0 bridgehead atoms. The summed E-state index contributed by atoms with van der Waals surface area (Å²) >= 11 is 0. The van der Waals surface area contributed by atoms with Crippen LogP contribution in [0.2, 0.25) is 0 Å². The Kier molecular flexibility index (Phi) is 5.47. The Hall–Kier alpha value is -2.96. The molecule has 1 saturated heterocycles. The molecule has 0 aromatic heterocycles. The van der Waals surface area contributed by atoms with Gasteiger partial charge >= 0.3 is 0 Å². The van der Waals surface area contributed by atoms with Gasteiger partial charge in [-0.05, 0) is 34.5 Å². The Morgan fingerprint density at radius 3 is 2.21 bits per heavy atom. The van der Waals surface area contributed by atoms with Crippen molar-refractivity contribution in [3.05, 3.63) is 84.4 Å². The normalized spacial score (nSPS) is 15.8. The topological polar surface area (TPSA) is 57.7 Å². The molecule has 0 saturated carbocycles. The van der Waals surface area contributed by atoms with Crippen LogP contribution in [0.1, 0.15) is 5.56 Å². The molecule has 1 amide bonds. The lowest BCUT2D eigenvalue weighted by Crippen LogP contribution is -2.50. The number of hydrogen-bond acceptors (Lipinski definition) is 3. The number of benzene rings is 3. The van der Waals surface area contributed by atoms with Gasteiger partial charge in [-0.2, -0.15) is 4.31 Å². The monoisotopic (exact) mass is 406 g/mol. The minimum atomic E-state index is -3.51. The number of carbonyl (C=O) groups excluding carboxylic acids is 1. The van der Waals surface area contributed by atoms with Crippen molar-refractivity contribution >= 4 is 32.8 Å². The van der Waals surface area contributed by atoms with Crippen LogP contribution in [0.15, 0.2) is 83.8 Å². The summed E-state index contributed by atoms with van der Waals surface area (Å²) < 4.78 is 26.9. The average molecular weight is 407 g/mol. The van der Waals surface area contributed by atoms with Gasteiger partial charge in [0.2, 0.25) is 15.9 Å². The first-order valence-electron chi connectivity index (χ1n) is 9.56. The molecule has 4 rings (SSSR count). The summed E-state index contributed by atoms with van der Waals surface area (Å²) in [5, 5.41) is 2.22. The summed E-state index contributed by atoms with van der Waals surface area (Å²) in [6.45, 7) is 1.35. The number of sulfonamides is 1. The van der Waals surface area contributed by atoms with Gasteiger partial charge in [0, 0.05) is 32.3 Å². The van der Waals surface area contributed by atoms with Crippen LogP contribution in [0.5, 0.6) is 0 Å². The molecule has 0 atom stereocenters. The van der Waals surface area contributed by atoms with Gasteiger partial charge in [-0.25, -0.2) is 8.42 Å². The zero-order valence-corrected chi connectivity index (χ0v) is 16.8. The number of hydrogen-bond donors (Lipinski definition) is 0. The van der Waals surface area contributed by atoms with Crippen molar-refractivity contribution < 1.29 is 13.2 Å². The van der Waals surface area contributed by atoms with Gasteiger partial charge in [0.05, 0.1) is 4.90 Å². The molecule has 3 aromatic carbocycles. The van der Waals surface area contributed by atoms with Crippen molar-refractivity contribution in [2.75, 3.05) is 26.2 Å². The lowest BCUT2D eigenvalue weighted by atomic mass is 10.0. The van der Waals surface area contributed by atoms with E-state index in [1.807, 2.05) is 48.5 Å². The van der Waals surface area contributed by atoms with Gasteiger partial charge in [-0.15, -0.1) is 0 Å². The van der Waals surface area contributed by atoms with Gasteiger partial charge < -0.3 is 4.90 Å². The Bertz CT molecular complexity index is 1140. The minimum Gasteiger partial charge on any atom is -0.337 e. The lowest BCUT2D eigenvalue weighted by molar-refractivity contribution is -0.127. The van der Waals surface area contributed by atoms with E-state index >= 15 is 0 Å². The molecular weight excluding hydrogens is 384 g/mol. The molecule has 0 spiro atoms. The van der Waals surface area contributed by atoms with E-state index in [0.29, 0.717) is 26.2 Å². The van der Waals surface area contributed by atoms with E-state index in [-0.39, 0.29) is 10.8 Å². The number of amides is 1. The Labute approximate surface area is 170 Å². The molecule has 0 unspecified atom stereocenters. The van der Waals surface area contributed by atoms with Crippen molar-refractivity contribution in [2.24, 2.45) is 0 Å². The average Bonchev–Trinajstić information content (AvgIpc) is 2.78. The van der Waals surface area contributed by atoms with Crippen LogP contribution in [-0.2, 0) is 14.8 Å². The first kappa shape index (κ1) is 19.4. The molecule has 1 aliphatic heterocycles. The predicted octanol–water partition coefficient (Wildman–Crippen LogP) is 3.39. The van der Waals surface area contributed by atoms with Gasteiger partial charge in [0.1, 0.15) is 0 Å². The third-order valence-electron chi connectivity index (χ3n) is 5.16. The molecule has 29 heavy (non-hydrogen) atoms. The quantitative estimate of drug-likeness (QED) is 0.624. The summed E-state index contributed by atoms with van der Waals surface area (Å²) in [6.07, 6.45) is 3.40. The van der Waals surface area contributed by atoms with Gasteiger partial charge in [0.15, 0.2) is 0 Å². The van der Waals surface area contributed by atoms with Crippen molar-refractivity contribution in [1.82, 2.24) is 9.21 Å². The highest BCUT2D eigenvalue weighted by Crippen LogP contribution is 2.20. The molecule has 1 fully saturated rings. The van der Waals surface area contributed by atoms with Crippen LogP contribution in [0.3, 0.4) is 0 Å². The SMILES string of the molecule is O=C(/C=C/c1cccc2ccccc12)N1CCN(S(=O)(=O)c2ccccc2)CC1. The maximum absolute atomic E-state index is 12.7. The fourth-order valence-electron chi connectivity index (χ4n) is 3.55. The molecule has 5 nitrogen and oxygen atoms in total. The van der Waals surface area contributed by atoms with Crippen molar-refractivity contribution in [2.45, 2.75) is 4.90 Å². The van der Waals surface area contributed by atoms with Crippen LogP contribution < -0.4 is 0 Å². The van der Waals surface area contributed by atoms with Crippen LogP contribution in [0, 0.1) is 0 Å². The lowest BCUT2D eigenvalue weighted by Gasteiger charge is -2.33. The maximum Gasteiger partial charge on any atom is 0.246 e. The Morgan fingerprint density at radius 1 is 0.793 bits per heavy atom. The molecule has 0 N–H and O–H groups in total. The minimum absolute atomic E-state index is 0.102. The van der Waals surface area contributed by atoms with E-state index in [1.165, 1.54) is 4.31 Å². The van der Waals surface area contributed by atoms with E-state index < -0.39 is 10.0 Å². The van der Waals surface area contributed by atoms with E-state index in [4.69, 9.17) is 0 Å². The summed E-state index contributed by atoms with van der Waals surface area (Å²) in [5.41, 5.74) is 0.988. The third-order valence-corrected chi connectivity index (χ3v) is 7.07. The number of fused-ring (bicyclic) bond motifs is 1. The summed E-state index contributed by atoms with van der Waals surface area (Å²) in [4.78, 5) is 14.6. The molecule has 0 aliphatic carbocycles. The highest BCUT2D eigenvalue weighted by molar-refractivity contribution is 7.89. The highest BCUT2D eigenvalue weighted by atomic mass is 32.2. The Balaban J connectivity index is 1.42. The predicted molar refractivity (Wildman–Crippen MR) is 115 cm³/mol. The smallest absolute Gasteiger partial charge is 0.246 e. The molecule has 1 heterocycles. The first-order chi connectivity index (χ1) is 14.1. The fraction of sp³-hybridized carbons (Fsp3) is 0.174. The number of nitrogens with zero attached hydrogens (tertiary/aromatic N) is 2. The van der Waals surface area contributed by atoms with Crippen molar-refractivity contribution in [3.8, 4) is 0 Å². The molecule has 1 aliphatic rings. The maximum atomic E-state index is 12.7. The number of carbonyl (C=O) groups is 1. The van der Waals surface area contributed by atoms with Crippen LogP contribution in [0.4, 0.5) is 0 Å². The Morgan fingerprint density at radius 2 is 1.45 bits per heavy atom. The van der Waals surface area contributed by atoms with Gasteiger partial charge in [-0.3, -0.25) is 4.79 Å². The van der Waals surface area contributed by atoms with Crippen molar-refractivity contribution in [3.63, 3.8) is 0 Å². The molecule has 148 valence electrons. The fourth-order valence-corrected chi connectivity index (χ4v) is 5.00. The van der Waals surface area contributed by atoms with E-state index in [9.17, 15) is 13.2 Å². The van der Waals surface area contributed by atoms with Gasteiger partial charge in [0.25, 0.3) is 0 Å². The molecular formula is C23H22N2O3S. The summed E-state index contributed by atoms with van der Waals surface area (Å²) in [5.74, 6) is -0.102. The second kappa shape index (κ2) is 8.19. The van der Waals surface area contributed by atoms with E-state index in [0.717, 1.165) is 16.3 Å². The number of rotatable bonds is 4. The zero-order chi connectivity index (χ0) is 20.3. The van der Waals surface area contributed by atoms with Crippen LogP contribution >= 0.6 is 0 Å². The van der Waals surface area contributed by atoms with Gasteiger partial charge in [-0.1, -0.05) is 60.7 Å². The van der Waals surface area contributed by atoms with Crippen LogP contribution in [0.25, 0.3) is 16.8 Å². The first-order valence-corrected chi connectivity index (χ1v) is 11.0. The molecule has 0 radical (unpaired) electrons. The van der Waals surface area contributed by atoms with E-state index in [1.54, 1.807) is 41.3 Å². The molecule has 3 aromatic rings. The summed E-state index contributed by atoms with van der Waals surface area (Å²) in [7, 11) is -3.51.